The number of aromatic nitrogens is 6. The second-order valence-corrected chi connectivity index (χ2v) is 29.3. The molecule has 4 unspecified atom stereocenters. The van der Waals surface area contributed by atoms with Crippen LogP contribution in [0.1, 0.15) is 82.5 Å². The van der Waals surface area contributed by atoms with Crippen molar-refractivity contribution in [1.29, 1.82) is 0 Å². The minimum Gasteiger partial charge on any atom is -0.477 e. The number of thiophene rings is 4. The summed E-state index contributed by atoms with van der Waals surface area (Å²) in [4.78, 5) is 44.4. The number of carboxylic acid groups (broad SMARTS) is 2. The molecule has 2 fully saturated rings. The van der Waals surface area contributed by atoms with Crippen LogP contribution >= 0.6 is 68.8 Å². The number of carbonyl (C=O) groups is 2. The Hall–Kier alpha value is -9.14. The molecule has 2 N–H and O–H groups in total. The van der Waals surface area contributed by atoms with Crippen LogP contribution in [0.3, 0.4) is 0 Å². The van der Waals surface area contributed by atoms with Crippen molar-refractivity contribution in [1.82, 2.24) is 27.5 Å². The fourth-order valence-corrected chi connectivity index (χ4v) is 21.3. The van der Waals surface area contributed by atoms with Gasteiger partial charge in [0.15, 0.2) is 0 Å². The molecule has 18 heteroatoms. The van der Waals surface area contributed by atoms with Gasteiger partial charge in [-0.05, 0) is 121 Å². The zero-order valence-corrected chi connectivity index (χ0v) is 52.4. The van der Waals surface area contributed by atoms with Crippen LogP contribution in [0.5, 0.6) is 0 Å². The van der Waals surface area contributed by atoms with Gasteiger partial charge in [0.05, 0.1) is 34.5 Å². The molecule has 4 atom stereocenters. The van der Waals surface area contributed by atoms with Gasteiger partial charge in [-0.25, -0.2) is 19.6 Å². The summed E-state index contributed by atoms with van der Waals surface area (Å²) in [7, 11) is 0. The Morgan fingerprint density at radius 2 is 0.767 bits per heavy atom. The Morgan fingerprint density at radius 1 is 0.389 bits per heavy atom. The fourth-order valence-electron chi connectivity index (χ4n) is 15.3. The first kappa shape index (κ1) is 52.8. The molecule has 0 bridgehead atoms. The van der Waals surface area contributed by atoms with Crippen LogP contribution in [0.4, 0.5) is 22.7 Å². The molecular weight excluding hydrogens is 1230 g/mol. The Balaban J connectivity index is 0.647. The van der Waals surface area contributed by atoms with E-state index in [0.717, 1.165) is 93.8 Å². The van der Waals surface area contributed by atoms with E-state index in [1.54, 1.807) is 57.5 Å². The third kappa shape index (κ3) is 8.04. The number of carboxylic acids is 2. The first-order valence-corrected chi connectivity index (χ1v) is 34.8. The van der Waals surface area contributed by atoms with Gasteiger partial charge in [0, 0.05) is 129 Å². The summed E-state index contributed by atoms with van der Waals surface area (Å²) in [5.74, 6) is -1.32. The minimum absolute atomic E-state index is 0.158. The highest BCUT2D eigenvalue weighted by atomic mass is 32.1. The van der Waals surface area contributed by atoms with Crippen LogP contribution in [0, 0.1) is 0 Å². The van der Waals surface area contributed by atoms with Crippen LogP contribution < -0.4 is 9.80 Å². The Kier molecular flexibility index (Phi) is 11.8. The molecule has 2 aliphatic carbocycles. The highest BCUT2D eigenvalue weighted by Gasteiger charge is 2.44. The van der Waals surface area contributed by atoms with E-state index < -0.39 is 11.9 Å². The quantitative estimate of drug-likeness (QED) is 0.125. The van der Waals surface area contributed by atoms with Gasteiger partial charge in [-0.15, -0.1) is 45.3 Å². The van der Waals surface area contributed by atoms with E-state index in [1.807, 2.05) is 12.1 Å². The minimum atomic E-state index is -1.19. The third-order valence-corrected chi connectivity index (χ3v) is 25.0. The lowest BCUT2D eigenvalue weighted by Crippen LogP contribution is -2.26. The van der Waals surface area contributed by atoms with Gasteiger partial charge in [0.2, 0.25) is 0 Å². The summed E-state index contributed by atoms with van der Waals surface area (Å²) in [6, 6.07) is 60.9. The zero-order chi connectivity index (χ0) is 59.6. The lowest BCUT2D eigenvalue weighted by molar-refractivity contribution is 0.0680. The predicted octanol–water partition coefficient (Wildman–Crippen LogP) is 20.3. The maximum Gasteiger partial charge on any atom is 0.354 e. The number of aromatic carboxylic acids is 2. The smallest absolute Gasteiger partial charge is 0.354 e. The maximum atomic E-state index is 13.0. The van der Waals surface area contributed by atoms with Gasteiger partial charge in [0.25, 0.3) is 0 Å². The van der Waals surface area contributed by atoms with Crippen LogP contribution in [0.2, 0.25) is 0 Å². The Bertz CT molecular complexity index is 5150. The molecule has 2 aliphatic heterocycles. The normalized spacial score (nSPS) is 17.6. The number of benzene rings is 7. The predicted molar refractivity (Wildman–Crippen MR) is 370 cm³/mol. The number of para-hydroxylation sites is 2. The van der Waals surface area contributed by atoms with Crippen LogP contribution in [-0.2, 0) is 0 Å². The molecule has 12 nitrogen and oxygen atoms in total. The van der Waals surface area contributed by atoms with E-state index in [4.69, 9.17) is 27.5 Å². The van der Waals surface area contributed by atoms with Crippen LogP contribution in [0.25, 0.3) is 127 Å². The lowest BCUT2D eigenvalue weighted by Gasteiger charge is -2.27. The highest BCUT2D eigenvalue weighted by Crippen LogP contribution is 2.56. The van der Waals surface area contributed by atoms with Crippen molar-refractivity contribution in [3.63, 3.8) is 0 Å². The number of fused-ring (bicyclic) bond motifs is 13. The average molecular weight is 1280 g/mol. The second-order valence-electron chi connectivity index (χ2n) is 23.9. The van der Waals surface area contributed by atoms with E-state index in [1.165, 1.54) is 95.9 Å². The fraction of sp³-hybridized carbons (Fsp3) is 0.139. The number of rotatable bonds is 10. The van der Waals surface area contributed by atoms with Crippen molar-refractivity contribution in [2.45, 2.75) is 62.4 Å². The molecule has 19 rings (SSSR count). The summed E-state index contributed by atoms with van der Waals surface area (Å²) >= 11 is 8.95. The molecule has 8 aromatic heterocycles. The van der Waals surface area contributed by atoms with Crippen molar-refractivity contribution in [3.05, 3.63) is 192 Å². The average Bonchev–Trinajstić information content (AvgIpc) is 1.61. The number of anilines is 4. The molecule has 15 aromatic rings. The van der Waals surface area contributed by atoms with Crippen LogP contribution in [0.15, 0.2) is 170 Å². The van der Waals surface area contributed by atoms with E-state index in [-0.39, 0.29) is 11.4 Å². The van der Waals surface area contributed by atoms with E-state index in [0.29, 0.717) is 56.9 Å². The lowest BCUT2D eigenvalue weighted by atomic mass is 9.94. The van der Waals surface area contributed by atoms with Crippen molar-refractivity contribution in [3.8, 4) is 64.0 Å². The molecule has 0 spiro atoms. The summed E-state index contributed by atoms with van der Waals surface area (Å²) < 4.78 is 23.8. The van der Waals surface area contributed by atoms with Gasteiger partial charge in [0.1, 0.15) is 33.5 Å². The molecule has 2 saturated carbocycles. The van der Waals surface area contributed by atoms with Crippen molar-refractivity contribution >= 4 is 166 Å². The topological polar surface area (TPSA) is 158 Å². The standard InChI is InChI=1S/C72H46N8O4S6/c81-71(82)51-29-49(59-33-63-61(87-59)31-57(85-63)47-25-21-39(67-69(47)77-89-75-67)35-17-19-43-41-13-7-15-53(41)79(55(43)27-35)37-9-3-1-4-10-37)45-23-24-46-50(30-52(72(83)84)74-66(46)65(45)73-51)60-34-64-62(88-60)32-58(86-64)48-26-22-40(68-70(48)78-90-76-68)36-18-20-44-42-14-8-16-54(42)80(56(44)28-36)38-11-5-2-6-12-38/h1-6,9-12,17-34,41-42,53-54H,7-8,13-16H2,(H,81,82)(H,83,84). The maximum absolute atomic E-state index is 13.0. The third-order valence-electron chi connectivity index (χ3n) is 19.2. The summed E-state index contributed by atoms with van der Waals surface area (Å²) in [5.41, 5.74) is 19.5. The summed E-state index contributed by atoms with van der Waals surface area (Å²) in [6.45, 7) is 0. The first-order chi connectivity index (χ1) is 44.2. The largest absolute Gasteiger partial charge is 0.477 e. The van der Waals surface area contributed by atoms with Crippen molar-refractivity contribution < 1.29 is 19.8 Å². The van der Waals surface area contributed by atoms with Gasteiger partial charge >= 0.3 is 11.9 Å². The van der Waals surface area contributed by atoms with E-state index >= 15 is 0 Å². The molecule has 90 heavy (non-hydrogen) atoms. The summed E-state index contributed by atoms with van der Waals surface area (Å²) in [6.07, 6.45) is 7.28. The highest BCUT2D eigenvalue weighted by molar-refractivity contribution is 7.31. The number of hydrogen-bond donors (Lipinski definition) is 2. The molecule has 0 amide bonds. The molecule has 10 heterocycles. The van der Waals surface area contributed by atoms with E-state index in [2.05, 4.69) is 155 Å². The Morgan fingerprint density at radius 3 is 1.17 bits per heavy atom. The Labute approximate surface area is 537 Å². The molecule has 0 saturated heterocycles. The molecule has 4 aliphatic rings. The van der Waals surface area contributed by atoms with Gasteiger partial charge in [-0.2, -0.15) is 17.5 Å². The summed E-state index contributed by atoms with van der Waals surface area (Å²) in [5, 5.41) is 22.6. The number of hydrogen-bond acceptors (Lipinski definition) is 16. The molecule has 434 valence electrons. The van der Waals surface area contributed by atoms with Crippen molar-refractivity contribution in [2.75, 3.05) is 9.80 Å². The molecular formula is C72H46N8O4S6. The molecule has 7 aromatic carbocycles. The van der Waals surface area contributed by atoms with Crippen LogP contribution in [-0.4, -0.2) is 61.7 Å². The number of nitrogens with zero attached hydrogens (tertiary/aromatic N) is 8. The van der Waals surface area contributed by atoms with Crippen molar-refractivity contribution in [2.24, 2.45) is 0 Å². The second kappa shape index (κ2) is 20.2. The molecule has 0 radical (unpaired) electrons. The number of pyridine rings is 2. The van der Waals surface area contributed by atoms with Gasteiger partial charge < -0.3 is 20.0 Å². The monoisotopic (exact) mass is 1280 g/mol. The van der Waals surface area contributed by atoms with Gasteiger partial charge in [-0.3, -0.25) is 0 Å². The first-order valence-electron chi connectivity index (χ1n) is 30.0. The zero-order valence-electron chi connectivity index (χ0n) is 47.5. The van der Waals surface area contributed by atoms with E-state index in [9.17, 15) is 19.8 Å². The SMILES string of the molecule is O=C(O)c1cc(-c2cc3sc(-c4ccc(-c5ccc6c(c5)N(c5ccccc5)C5CCCC65)c5nsnc45)cc3s2)c2ccc3c(-c4cc5sc(-c6ccc(-c7ccc8c(c7)N(c7ccccc7)C7CCCC87)c7nsnc67)cc5s4)cc(C(=O)O)nc3c2n1. The van der Waals surface area contributed by atoms with Gasteiger partial charge in [-0.1, -0.05) is 110 Å².